The Labute approximate surface area is 123 Å². The highest BCUT2D eigenvalue weighted by molar-refractivity contribution is 7.89. The van der Waals surface area contributed by atoms with Crippen LogP contribution in [0.15, 0.2) is 11.4 Å². The Bertz CT molecular complexity index is 647. The average molecular weight is 312 g/mol. The second kappa shape index (κ2) is 7.41. The number of sulfonamides is 1. The first-order valence-corrected chi connectivity index (χ1v) is 8.32. The van der Waals surface area contributed by atoms with E-state index in [1.165, 1.54) is 29.6 Å². The van der Waals surface area contributed by atoms with Gasteiger partial charge in [-0.25, -0.2) is 8.42 Å². The average Bonchev–Trinajstić information content (AvgIpc) is 2.85. The molecule has 1 aromatic rings. The smallest absolute Gasteiger partial charge is 0.230 e. The van der Waals surface area contributed by atoms with Crippen LogP contribution in [0.3, 0.4) is 0 Å². The van der Waals surface area contributed by atoms with E-state index in [9.17, 15) is 8.42 Å². The number of nitrogens with zero attached hydrogens (tertiary/aromatic N) is 2. The molecule has 1 aromatic heterocycles. The maximum absolute atomic E-state index is 11.9. The van der Waals surface area contributed by atoms with E-state index < -0.39 is 15.3 Å². The standard InChI is InChI=1S/C13H16N2O3S2/c1-11(8-14)20(17,18)15(2)9-13-7-12(10-19-13)5-3-4-6-16/h7,10-11,16H,4,6,9H2,1-2H3. The Morgan fingerprint density at radius 2 is 2.25 bits per heavy atom. The summed E-state index contributed by atoms with van der Waals surface area (Å²) in [5.41, 5.74) is 0.803. The second-order valence-electron chi connectivity index (χ2n) is 4.15. The van der Waals surface area contributed by atoms with Crippen molar-refractivity contribution in [1.82, 2.24) is 4.31 Å². The summed E-state index contributed by atoms with van der Waals surface area (Å²) in [6.07, 6.45) is 0.416. The third kappa shape index (κ3) is 4.32. The Kier molecular flexibility index (Phi) is 6.18. The van der Waals surface area contributed by atoms with Gasteiger partial charge in [0.05, 0.1) is 12.7 Å². The van der Waals surface area contributed by atoms with E-state index in [4.69, 9.17) is 10.4 Å². The van der Waals surface area contributed by atoms with Crippen LogP contribution in [-0.4, -0.2) is 36.7 Å². The van der Waals surface area contributed by atoms with Gasteiger partial charge in [0.25, 0.3) is 0 Å². The zero-order chi connectivity index (χ0) is 15.2. The minimum Gasteiger partial charge on any atom is -0.395 e. The molecule has 0 aliphatic heterocycles. The van der Waals surface area contributed by atoms with Crippen molar-refractivity contribution in [3.8, 4) is 17.9 Å². The summed E-state index contributed by atoms with van der Waals surface area (Å²) in [6, 6.07) is 3.56. The number of aliphatic hydroxyl groups is 1. The van der Waals surface area contributed by atoms with Crippen LogP contribution in [0.25, 0.3) is 0 Å². The molecule has 1 rings (SSSR count). The number of hydrogen-bond acceptors (Lipinski definition) is 5. The molecule has 1 unspecified atom stereocenters. The van der Waals surface area contributed by atoms with Crippen LogP contribution in [0.1, 0.15) is 23.8 Å². The van der Waals surface area contributed by atoms with Crippen molar-refractivity contribution in [3.05, 3.63) is 21.9 Å². The van der Waals surface area contributed by atoms with Crippen molar-refractivity contribution < 1.29 is 13.5 Å². The second-order valence-corrected chi connectivity index (χ2v) is 7.51. The first-order chi connectivity index (χ1) is 9.41. The fraction of sp³-hybridized carbons (Fsp3) is 0.462. The molecule has 0 fully saturated rings. The van der Waals surface area contributed by atoms with E-state index >= 15 is 0 Å². The first kappa shape index (κ1) is 16.7. The monoisotopic (exact) mass is 312 g/mol. The van der Waals surface area contributed by atoms with Crippen molar-refractivity contribution >= 4 is 21.4 Å². The van der Waals surface area contributed by atoms with Gasteiger partial charge in [-0.1, -0.05) is 11.8 Å². The zero-order valence-electron chi connectivity index (χ0n) is 11.3. The van der Waals surface area contributed by atoms with Gasteiger partial charge < -0.3 is 5.11 Å². The highest BCUT2D eigenvalue weighted by Crippen LogP contribution is 2.18. The van der Waals surface area contributed by atoms with E-state index in [0.29, 0.717) is 6.42 Å². The van der Waals surface area contributed by atoms with Crippen molar-refractivity contribution in [2.24, 2.45) is 0 Å². The third-order valence-electron chi connectivity index (χ3n) is 2.56. The fourth-order valence-corrected chi connectivity index (χ4v) is 3.34. The molecule has 0 saturated carbocycles. The highest BCUT2D eigenvalue weighted by Gasteiger charge is 2.25. The molecule has 20 heavy (non-hydrogen) atoms. The van der Waals surface area contributed by atoms with Crippen LogP contribution < -0.4 is 0 Å². The van der Waals surface area contributed by atoms with E-state index in [0.717, 1.165) is 10.4 Å². The number of rotatable bonds is 5. The minimum absolute atomic E-state index is 0.0248. The molecule has 0 spiro atoms. The molecule has 0 saturated heterocycles. The van der Waals surface area contributed by atoms with Gasteiger partial charge in [-0.2, -0.15) is 9.57 Å². The van der Waals surface area contributed by atoms with E-state index in [-0.39, 0.29) is 13.2 Å². The van der Waals surface area contributed by atoms with E-state index in [1.807, 2.05) is 11.4 Å². The molecular formula is C13H16N2O3S2. The number of hydrogen-bond donors (Lipinski definition) is 1. The maximum atomic E-state index is 11.9. The first-order valence-electron chi connectivity index (χ1n) is 5.93. The lowest BCUT2D eigenvalue weighted by atomic mass is 10.3. The van der Waals surface area contributed by atoms with Gasteiger partial charge in [0.15, 0.2) is 5.25 Å². The molecule has 7 heteroatoms. The van der Waals surface area contributed by atoms with Gasteiger partial charge >= 0.3 is 0 Å². The van der Waals surface area contributed by atoms with Crippen molar-refractivity contribution in [2.45, 2.75) is 25.1 Å². The molecule has 5 nitrogen and oxygen atoms in total. The van der Waals surface area contributed by atoms with E-state index in [1.54, 1.807) is 6.07 Å². The van der Waals surface area contributed by atoms with Crippen LogP contribution in [0.2, 0.25) is 0 Å². The van der Waals surface area contributed by atoms with E-state index in [2.05, 4.69) is 11.8 Å². The van der Waals surface area contributed by atoms with Crippen LogP contribution in [0, 0.1) is 23.2 Å². The lowest BCUT2D eigenvalue weighted by Crippen LogP contribution is -2.33. The van der Waals surface area contributed by atoms with Gasteiger partial charge in [-0.3, -0.25) is 0 Å². The van der Waals surface area contributed by atoms with Crippen LogP contribution in [-0.2, 0) is 16.6 Å². The highest BCUT2D eigenvalue weighted by atomic mass is 32.2. The topological polar surface area (TPSA) is 81.4 Å². The van der Waals surface area contributed by atoms with Gasteiger partial charge in [0, 0.05) is 35.8 Å². The number of nitriles is 1. The Balaban J connectivity index is 2.76. The summed E-state index contributed by atoms with van der Waals surface area (Å²) in [4.78, 5) is 0.856. The molecule has 108 valence electrons. The lowest BCUT2D eigenvalue weighted by Gasteiger charge is -2.17. The van der Waals surface area contributed by atoms with Gasteiger partial charge in [0.1, 0.15) is 0 Å². The quantitative estimate of drug-likeness (QED) is 0.827. The predicted octanol–water partition coefficient (Wildman–Crippen LogP) is 1.16. The normalized spacial score (nSPS) is 12.6. The van der Waals surface area contributed by atoms with Gasteiger partial charge in [0.2, 0.25) is 10.0 Å². The molecule has 0 bridgehead atoms. The molecular weight excluding hydrogens is 296 g/mol. The molecule has 0 aliphatic carbocycles. The summed E-state index contributed by atoms with van der Waals surface area (Å²) < 4.78 is 25.1. The van der Waals surface area contributed by atoms with Crippen molar-refractivity contribution in [1.29, 1.82) is 5.26 Å². The molecule has 1 heterocycles. The Morgan fingerprint density at radius 1 is 1.55 bits per heavy atom. The molecule has 0 amide bonds. The summed E-state index contributed by atoms with van der Waals surface area (Å²) in [6.45, 7) is 1.61. The van der Waals surface area contributed by atoms with Crippen LogP contribution in [0.4, 0.5) is 0 Å². The predicted molar refractivity (Wildman–Crippen MR) is 78.4 cm³/mol. The lowest BCUT2D eigenvalue weighted by molar-refractivity contribution is 0.305. The molecule has 0 aromatic carbocycles. The van der Waals surface area contributed by atoms with Crippen LogP contribution in [0.5, 0.6) is 0 Å². The Hall–Kier alpha value is -1.38. The maximum Gasteiger partial charge on any atom is 0.230 e. The summed E-state index contributed by atoms with van der Waals surface area (Å²) in [7, 11) is -2.13. The fourth-order valence-electron chi connectivity index (χ4n) is 1.40. The minimum atomic E-state index is -3.59. The SMILES string of the molecule is CC(C#N)S(=O)(=O)N(C)Cc1cc(C#CCCO)cs1. The molecule has 1 atom stereocenters. The van der Waals surface area contributed by atoms with Gasteiger partial charge in [-0.05, 0) is 13.0 Å². The van der Waals surface area contributed by atoms with Crippen molar-refractivity contribution in [3.63, 3.8) is 0 Å². The largest absolute Gasteiger partial charge is 0.395 e. The number of thiophene rings is 1. The number of aliphatic hydroxyl groups excluding tert-OH is 1. The summed E-state index contributed by atoms with van der Waals surface area (Å²) in [5.74, 6) is 5.70. The van der Waals surface area contributed by atoms with Crippen LogP contribution >= 0.6 is 11.3 Å². The molecule has 0 aliphatic rings. The van der Waals surface area contributed by atoms with Gasteiger partial charge in [-0.15, -0.1) is 11.3 Å². The molecule has 0 radical (unpaired) electrons. The molecule has 1 N–H and O–H groups in total. The Morgan fingerprint density at radius 3 is 2.85 bits per heavy atom. The van der Waals surface area contributed by atoms with Crippen molar-refractivity contribution in [2.75, 3.05) is 13.7 Å². The third-order valence-corrected chi connectivity index (χ3v) is 5.48. The summed E-state index contributed by atoms with van der Waals surface area (Å²) in [5, 5.41) is 18.1. The summed E-state index contributed by atoms with van der Waals surface area (Å²) >= 11 is 1.42. The zero-order valence-corrected chi connectivity index (χ0v) is 13.0.